The predicted octanol–water partition coefficient (Wildman–Crippen LogP) is 0.299. The van der Waals surface area contributed by atoms with Crippen LogP contribution in [0.1, 0.15) is 20.3 Å². The maximum absolute atomic E-state index is 9.47. The summed E-state index contributed by atoms with van der Waals surface area (Å²) in [6.07, 6.45) is 0.918. The van der Waals surface area contributed by atoms with E-state index >= 15 is 0 Å². The van der Waals surface area contributed by atoms with Crippen LogP contribution in [-0.2, 0) is 0 Å². The quantitative estimate of drug-likeness (QED) is 0.582. The molecule has 0 aliphatic rings. The van der Waals surface area contributed by atoms with Crippen LogP contribution in [0.2, 0.25) is 0 Å². The van der Waals surface area contributed by atoms with Crippen molar-refractivity contribution in [2.45, 2.75) is 26.4 Å². The Balaban J connectivity index is 3.53. The lowest BCUT2D eigenvalue weighted by molar-refractivity contribution is 0.116. The van der Waals surface area contributed by atoms with E-state index in [1.54, 1.807) is 0 Å². The fourth-order valence-electron chi connectivity index (χ4n) is 1.29. The second-order valence-corrected chi connectivity index (χ2v) is 3.10. The highest BCUT2D eigenvalue weighted by Crippen LogP contribution is 1.93. The van der Waals surface area contributed by atoms with Gasteiger partial charge in [-0.2, -0.15) is 0 Å². The SMILES string of the molecule is CCCN(CC)CC(O)CNC. The monoisotopic (exact) mass is 174 g/mol. The number of likely N-dealkylation sites (N-methyl/N-ethyl adjacent to an activating group) is 2. The Labute approximate surface area is 75.8 Å². The molecular weight excluding hydrogens is 152 g/mol. The van der Waals surface area contributed by atoms with Crippen molar-refractivity contribution in [1.82, 2.24) is 10.2 Å². The van der Waals surface area contributed by atoms with Crippen LogP contribution in [0.3, 0.4) is 0 Å². The maximum Gasteiger partial charge on any atom is 0.0791 e. The van der Waals surface area contributed by atoms with Gasteiger partial charge in [-0.05, 0) is 26.6 Å². The second-order valence-electron chi connectivity index (χ2n) is 3.10. The molecule has 0 radical (unpaired) electrons. The summed E-state index contributed by atoms with van der Waals surface area (Å²) in [5.74, 6) is 0. The molecule has 0 fully saturated rings. The van der Waals surface area contributed by atoms with Gasteiger partial charge in [-0.1, -0.05) is 13.8 Å². The molecule has 1 atom stereocenters. The van der Waals surface area contributed by atoms with E-state index in [4.69, 9.17) is 0 Å². The van der Waals surface area contributed by atoms with Crippen molar-refractivity contribution in [3.63, 3.8) is 0 Å². The molecule has 0 saturated carbocycles. The Morgan fingerprint density at radius 2 is 2.08 bits per heavy atom. The summed E-state index contributed by atoms with van der Waals surface area (Å²) in [7, 11) is 1.86. The molecule has 0 amide bonds. The number of hydrogen-bond donors (Lipinski definition) is 2. The van der Waals surface area contributed by atoms with E-state index in [0.717, 1.165) is 26.1 Å². The first kappa shape index (κ1) is 11.9. The van der Waals surface area contributed by atoms with Crippen molar-refractivity contribution in [1.29, 1.82) is 0 Å². The van der Waals surface area contributed by atoms with Crippen molar-refractivity contribution in [3.05, 3.63) is 0 Å². The van der Waals surface area contributed by atoms with Crippen molar-refractivity contribution in [2.24, 2.45) is 0 Å². The summed E-state index contributed by atoms with van der Waals surface area (Å²) in [6, 6.07) is 0. The summed E-state index contributed by atoms with van der Waals surface area (Å²) < 4.78 is 0. The molecule has 0 aliphatic heterocycles. The van der Waals surface area contributed by atoms with Gasteiger partial charge in [0, 0.05) is 13.1 Å². The highest BCUT2D eigenvalue weighted by atomic mass is 16.3. The van der Waals surface area contributed by atoms with Crippen LogP contribution in [0, 0.1) is 0 Å². The van der Waals surface area contributed by atoms with Gasteiger partial charge in [0.2, 0.25) is 0 Å². The molecule has 0 saturated heterocycles. The zero-order valence-electron chi connectivity index (χ0n) is 8.51. The number of nitrogens with zero attached hydrogens (tertiary/aromatic N) is 1. The summed E-state index contributed by atoms with van der Waals surface area (Å²) in [5, 5.41) is 12.4. The minimum atomic E-state index is -0.235. The van der Waals surface area contributed by atoms with Crippen LogP contribution in [0.25, 0.3) is 0 Å². The molecule has 0 aromatic heterocycles. The van der Waals surface area contributed by atoms with E-state index in [9.17, 15) is 5.11 Å². The third-order valence-corrected chi connectivity index (χ3v) is 1.90. The van der Waals surface area contributed by atoms with Crippen LogP contribution in [0.15, 0.2) is 0 Å². The molecule has 74 valence electrons. The maximum atomic E-state index is 9.47. The van der Waals surface area contributed by atoms with Gasteiger partial charge in [-0.15, -0.1) is 0 Å². The number of nitrogens with one attached hydrogen (secondary N) is 1. The van der Waals surface area contributed by atoms with Gasteiger partial charge < -0.3 is 15.3 Å². The first-order chi connectivity index (χ1) is 5.74. The topological polar surface area (TPSA) is 35.5 Å². The molecule has 0 spiro atoms. The molecule has 1 unspecified atom stereocenters. The van der Waals surface area contributed by atoms with Crippen LogP contribution in [0.5, 0.6) is 0 Å². The van der Waals surface area contributed by atoms with Crippen molar-refractivity contribution in [3.8, 4) is 0 Å². The Bertz CT molecular complexity index is 98.5. The van der Waals surface area contributed by atoms with E-state index in [1.165, 1.54) is 0 Å². The fraction of sp³-hybridized carbons (Fsp3) is 1.00. The molecule has 3 heteroatoms. The highest BCUT2D eigenvalue weighted by Gasteiger charge is 2.07. The number of aliphatic hydroxyl groups excluding tert-OH is 1. The molecular formula is C9H22N2O. The van der Waals surface area contributed by atoms with Crippen LogP contribution in [0.4, 0.5) is 0 Å². The molecule has 3 nitrogen and oxygen atoms in total. The van der Waals surface area contributed by atoms with E-state index < -0.39 is 0 Å². The van der Waals surface area contributed by atoms with Gasteiger partial charge in [0.05, 0.1) is 6.10 Å². The Morgan fingerprint density at radius 1 is 1.42 bits per heavy atom. The van der Waals surface area contributed by atoms with E-state index in [2.05, 4.69) is 24.1 Å². The first-order valence-corrected chi connectivity index (χ1v) is 4.79. The molecule has 12 heavy (non-hydrogen) atoms. The molecule has 0 rings (SSSR count). The van der Waals surface area contributed by atoms with Gasteiger partial charge in [-0.3, -0.25) is 0 Å². The van der Waals surface area contributed by atoms with Gasteiger partial charge in [0.15, 0.2) is 0 Å². The third-order valence-electron chi connectivity index (χ3n) is 1.90. The number of aliphatic hydroxyl groups is 1. The Hall–Kier alpha value is -0.120. The van der Waals surface area contributed by atoms with Gasteiger partial charge in [-0.25, -0.2) is 0 Å². The first-order valence-electron chi connectivity index (χ1n) is 4.79. The Morgan fingerprint density at radius 3 is 2.50 bits per heavy atom. The second kappa shape index (κ2) is 7.53. The van der Waals surface area contributed by atoms with Crippen molar-refractivity contribution >= 4 is 0 Å². The lowest BCUT2D eigenvalue weighted by Crippen LogP contribution is -2.37. The zero-order chi connectivity index (χ0) is 9.40. The van der Waals surface area contributed by atoms with Crippen LogP contribution < -0.4 is 5.32 Å². The summed E-state index contributed by atoms with van der Waals surface area (Å²) in [6.45, 7) is 7.85. The summed E-state index contributed by atoms with van der Waals surface area (Å²) in [5.41, 5.74) is 0. The average Bonchev–Trinajstić information content (AvgIpc) is 2.04. The number of rotatable bonds is 7. The van der Waals surface area contributed by atoms with E-state index in [-0.39, 0.29) is 6.10 Å². The normalized spacial score (nSPS) is 13.8. The molecule has 0 bridgehead atoms. The van der Waals surface area contributed by atoms with E-state index in [1.807, 2.05) is 7.05 Å². The third kappa shape index (κ3) is 5.52. The van der Waals surface area contributed by atoms with Gasteiger partial charge >= 0.3 is 0 Å². The van der Waals surface area contributed by atoms with Crippen molar-refractivity contribution < 1.29 is 5.11 Å². The minimum absolute atomic E-state index is 0.235. The average molecular weight is 174 g/mol. The van der Waals surface area contributed by atoms with Gasteiger partial charge in [0.25, 0.3) is 0 Å². The van der Waals surface area contributed by atoms with Crippen molar-refractivity contribution in [2.75, 3.05) is 33.2 Å². The molecule has 2 N–H and O–H groups in total. The highest BCUT2D eigenvalue weighted by molar-refractivity contribution is 4.64. The summed E-state index contributed by atoms with van der Waals surface area (Å²) in [4.78, 5) is 2.27. The predicted molar refractivity (Wildman–Crippen MR) is 52.3 cm³/mol. The largest absolute Gasteiger partial charge is 0.390 e. The zero-order valence-corrected chi connectivity index (χ0v) is 8.51. The van der Waals surface area contributed by atoms with Crippen LogP contribution in [-0.4, -0.2) is 49.3 Å². The summed E-state index contributed by atoms with van der Waals surface area (Å²) >= 11 is 0. The lowest BCUT2D eigenvalue weighted by atomic mass is 10.3. The molecule has 0 aliphatic carbocycles. The molecule has 0 aromatic carbocycles. The smallest absolute Gasteiger partial charge is 0.0791 e. The minimum Gasteiger partial charge on any atom is -0.390 e. The molecule has 0 aromatic rings. The molecule has 0 heterocycles. The standard InChI is InChI=1S/C9H22N2O/c1-4-6-11(5-2)8-9(12)7-10-3/h9-10,12H,4-8H2,1-3H3. The van der Waals surface area contributed by atoms with Gasteiger partial charge in [0.1, 0.15) is 0 Å². The fourth-order valence-corrected chi connectivity index (χ4v) is 1.29. The van der Waals surface area contributed by atoms with E-state index in [0.29, 0.717) is 6.54 Å². The van der Waals surface area contributed by atoms with Crippen LogP contribution >= 0.6 is 0 Å². The lowest BCUT2D eigenvalue weighted by Gasteiger charge is -2.22. The Kier molecular flexibility index (Phi) is 7.45. The number of hydrogen-bond acceptors (Lipinski definition) is 3.